The average molecular weight is 300 g/mol. The highest BCUT2D eigenvalue weighted by Gasteiger charge is 2.14. The summed E-state index contributed by atoms with van der Waals surface area (Å²) in [5.74, 6) is 0.434. The van der Waals surface area contributed by atoms with Crippen LogP contribution in [-0.4, -0.2) is 27.3 Å². The lowest BCUT2D eigenvalue weighted by Crippen LogP contribution is -2.31. The van der Waals surface area contributed by atoms with Gasteiger partial charge in [0.1, 0.15) is 12.4 Å². The van der Waals surface area contributed by atoms with Gasteiger partial charge in [-0.3, -0.25) is 0 Å². The minimum atomic E-state index is -3.30. The zero-order chi connectivity index (χ0) is 15.2. The topological polar surface area (TPSA) is 81.4 Å². The van der Waals surface area contributed by atoms with Crippen LogP contribution < -0.4 is 15.2 Å². The van der Waals surface area contributed by atoms with E-state index in [1.54, 1.807) is 24.3 Å². The van der Waals surface area contributed by atoms with Crippen LogP contribution in [-0.2, 0) is 10.0 Å². The molecule has 0 fully saturated rings. The fourth-order valence-corrected chi connectivity index (χ4v) is 2.39. The summed E-state index contributed by atoms with van der Waals surface area (Å²) >= 11 is 0. The second-order valence-electron chi connectivity index (χ2n) is 5.91. The van der Waals surface area contributed by atoms with Crippen LogP contribution in [0.2, 0.25) is 0 Å². The molecule has 1 rings (SSSR count). The monoisotopic (exact) mass is 300 g/mol. The molecule has 0 heterocycles. The number of benzene rings is 1. The molecule has 0 aliphatic carbocycles. The van der Waals surface area contributed by atoms with E-state index in [9.17, 15) is 8.42 Å². The molecule has 0 aliphatic rings. The van der Waals surface area contributed by atoms with E-state index in [1.807, 2.05) is 0 Å². The van der Waals surface area contributed by atoms with E-state index in [4.69, 9.17) is 10.5 Å². The van der Waals surface area contributed by atoms with Gasteiger partial charge in [-0.05, 0) is 24.0 Å². The average Bonchev–Trinajstić information content (AvgIpc) is 2.29. The number of rotatable bonds is 7. The number of hydrogen-bond donors (Lipinski definition) is 2. The molecule has 3 N–H and O–H groups in total. The lowest BCUT2D eigenvalue weighted by atomic mass is 9.93. The van der Waals surface area contributed by atoms with Gasteiger partial charge in [-0.15, -0.1) is 0 Å². The van der Waals surface area contributed by atoms with Gasteiger partial charge < -0.3 is 10.5 Å². The standard InChI is InChI=1S/C14H24N2O3S/c1-14(2,3)8-9-16-20(17,18)11-10-19-13-7-5-4-6-12(13)15/h4-7,16H,8-11,15H2,1-3H3. The molecule has 1 aromatic rings. The molecular weight excluding hydrogens is 276 g/mol. The Bertz CT molecular complexity index is 521. The number of nitrogens with one attached hydrogen (secondary N) is 1. The molecule has 0 amide bonds. The first-order chi connectivity index (χ1) is 9.20. The highest BCUT2D eigenvalue weighted by molar-refractivity contribution is 7.89. The van der Waals surface area contributed by atoms with E-state index in [1.165, 1.54) is 0 Å². The molecule has 0 bridgehead atoms. The Morgan fingerprint density at radius 1 is 1.25 bits per heavy atom. The van der Waals surface area contributed by atoms with Crippen LogP contribution in [0, 0.1) is 5.41 Å². The maximum absolute atomic E-state index is 11.8. The van der Waals surface area contributed by atoms with Crippen molar-refractivity contribution < 1.29 is 13.2 Å². The molecule has 0 radical (unpaired) electrons. The van der Waals surface area contributed by atoms with Crippen LogP contribution in [0.25, 0.3) is 0 Å². The molecule has 0 spiro atoms. The van der Waals surface area contributed by atoms with E-state index in [-0.39, 0.29) is 17.8 Å². The smallest absolute Gasteiger partial charge is 0.214 e. The molecule has 114 valence electrons. The second-order valence-corrected chi connectivity index (χ2v) is 7.84. The van der Waals surface area contributed by atoms with Gasteiger partial charge in [-0.1, -0.05) is 32.9 Å². The third kappa shape index (κ3) is 6.77. The van der Waals surface area contributed by atoms with Crippen molar-refractivity contribution in [3.05, 3.63) is 24.3 Å². The van der Waals surface area contributed by atoms with Crippen LogP contribution in [0.1, 0.15) is 27.2 Å². The molecule has 0 atom stereocenters. The Balaban J connectivity index is 2.35. The van der Waals surface area contributed by atoms with Crippen LogP contribution in [0.15, 0.2) is 24.3 Å². The maximum atomic E-state index is 11.8. The minimum Gasteiger partial charge on any atom is -0.490 e. The van der Waals surface area contributed by atoms with E-state index in [0.29, 0.717) is 18.0 Å². The summed E-state index contributed by atoms with van der Waals surface area (Å²) in [6, 6.07) is 7.02. The van der Waals surface area contributed by atoms with Gasteiger partial charge in [0.2, 0.25) is 10.0 Å². The van der Waals surface area contributed by atoms with Crippen molar-refractivity contribution >= 4 is 15.7 Å². The van der Waals surface area contributed by atoms with Crippen molar-refractivity contribution in [3.63, 3.8) is 0 Å². The SMILES string of the molecule is CC(C)(C)CCNS(=O)(=O)CCOc1ccccc1N. The second kappa shape index (κ2) is 6.95. The number of nitrogens with two attached hydrogens (primary N) is 1. The number of hydrogen-bond acceptors (Lipinski definition) is 4. The van der Waals surface area contributed by atoms with Crippen LogP contribution in [0.4, 0.5) is 5.69 Å². The quantitative estimate of drug-likeness (QED) is 0.755. The molecule has 1 aromatic carbocycles. The summed E-state index contributed by atoms with van der Waals surface area (Å²) in [4.78, 5) is 0. The number of anilines is 1. The largest absolute Gasteiger partial charge is 0.490 e. The molecule has 20 heavy (non-hydrogen) atoms. The number of para-hydroxylation sites is 2. The normalized spacial score (nSPS) is 12.3. The van der Waals surface area contributed by atoms with Crippen molar-refractivity contribution in [2.75, 3.05) is 24.6 Å². The minimum absolute atomic E-state index is 0.0779. The van der Waals surface area contributed by atoms with E-state index in [0.717, 1.165) is 6.42 Å². The van der Waals surface area contributed by atoms with Crippen LogP contribution >= 0.6 is 0 Å². The van der Waals surface area contributed by atoms with Gasteiger partial charge in [-0.25, -0.2) is 13.1 Å². The highest BCUT2D eigenvalue weighted by atomic mass is 32.2. The third-order valence-electron chi connectivity index (χ3n) is 2.73. The molecule has 0 unspecified atom stereocenters. The molecule has 0 saturated carbocycles. The molecule has 5 nitrogen and oxygen atoms in total. The van der Waals surface area contributed by atoms with Gasteiger partial charge in [-0.2, -0.15) is 0 Å². The van der Waals surface area contributed by atoms with Crippen molar-refractivity contribution in [1.29, 1.82) is 0 Å². The van der Waals surface area contributed by atoms with E-state index < -0.39 is 10.0 Å². The fourth-order valence-electron chi connectivity index (χ4n) is 1.53. The van der Waals surface area contributed by atoms with Gasteiger partial charge >= 0.3 is 0 Å². The lowest BCUT2D eigenvalue weighted by molar-refractivity contribution is 0.341. The Morgan fingerprint density at radius 2 is 1.90 bits per heavy atom. The van der Waals surface area contributed by atoms with E-state index >= 15 is 0 Å². The number of sulfonamides is 1. The summed E-state index contributed by atoms with van der Waals surface area (Å²) in [5.41, 5.74) is 6.32. The first-order valence-electron chi connectivity index (χ1n) is 6.64. The summed E-state index contributed by atoms with van der Waals surface area (Å²) < 4.78 is 31.5. The zero-order valence-corrected chi connectivity index (χ0v) is 13.2. The molecule has 6 heteroatoms. The zero-order valence-electron chi connectivity index (χ0n) is 12.3. The molecule has 0 aromatic heterocycles. The Morgan fingerprint density at radius 3 is 2.50 bits per heavy atom. The Labute approximate surface area is 121 Å². The van der Waals surface area contributed by atoms with Crippen molar-refractivity contribution in [2.45, 2.75) is 27.2 Å². The van der Waals surface area contributed by atoms with Crippen molar-refractivity contribution in [3.8, 4) is 5.75 Å². The lowest BCUT2D eigenvalue weighted by Gasteiger charge is -2.18. The molecule has 0 aliphatic heterocycles. The van der Waals surface area contributed by atoms with Gasteiger partial charge in [0.15, 0.2) is 0 Å². The number of ether oxygens (including phenoxy) is 1. The first kappa shape index (κ1) is 16.8. The Kier molecular flexibility index (Phi) is 5.83. The predicted molar refractivity (Wildman–Crippen MR) is 82.2 cm³/mol. The summed E-state index contributed by atoms with van der Waals surface area (Å²) in [6.45, 7) is 6.74. The summed E-state index contributed by atoms with van der Waals surface area (Å²) in [5, 5.41) is 0. The van der Waals surface area contributed by atoms with Gasteiger partial charge in [0, 0.05) is 6.54 Å². The molecule has 0 saturated heterocycles. The van der Waals surface area contributed by atoms with E-state index in [2.05, 4.69) is 25.5 Å². The summed E-state index contributed by atoms with van der Waals surface area (Å²) in [6.07, 6.45) is 0.790. The third-order valence-corrected chi connectivity index (χ3v) is 4.07. The van der Waals surface area contributed by atoms with Crippen LogP contribution in [0.5, 0.6) is 5.75 Å². The molecular formula is C14H24N2O3S. The van der Waals surface area contributed by atoms with Crippen molar-refractivity contribution in [2.24, 2.45) is 5.41 Å². The fraction of sp³-hybridized carbons (Fsp3) is 0.571. The first-order valence-corrected chi connectivity index (χ1v) is 8.29. The number of nitrogen functional groups attached to an aromatic ring is 1. The highest BCUT2D eigenvalue weighted by Crippen LogP contribution is 2.19. The predicted octanol–water partition coefficient (Wildman–Crippen LogP) is 2.00. The summed E-state index contributed by atoms with van der Waals surface area (Å²) in [7, 11) is -3.30. The van der Waals surface area contributed by atoms with Gasteiger partial charge in [0.05, 0.1) is 11.4 Å². The maximum Gasteiger partial charge on any atom is 0.214 e. The van der Waals surface area contributed by atoms with Crippen LogP contribution in [0.3, 0.4) is 0 Å². The van der Waals surface area contributed by atoms with Gasteiger partial charge in [0.25, 0.3) is 0 Å². The van der Waals surface area contributed by atoms with Crippen molar-refractivity contribution in [1.82, 2.24) is 4.72 Å². The Hall–Kier alpha value is -1.27.